The van der Waals surface area contributed by atoms with Crippen LogP contribution in [-0.2, 0) is 13.1 Å². The maximum absolute atomic E-state index is 13.3. The summed E-state index contributed by atoms with van der Waals surface area (Å²) in [6, 6.07) is 5.20. The van der Waals surface area contributed by atoms with E-state index in [2.05, 4.69) is 29.2 Å². The van der Waals surface area contributed by atoms with Gasteiger partial charge in [0.2, 0.25) is 0 Å². The molecule has 0 aliphatic carbocycles. The number of benzene rings is 1. The Labute approximate surface area is 112 Å². The minimum absolute atomic E-state index is 0.220. The fourth-order valence-corrected chi connectivity index (χ4v) is 1.82. The van der Waals surface area contributed by atoms with Crippen molar-refractivity contribution in [3.63, 3.8) is 0 Å². The lowest BCUT2D eigenvalue weighted by molar-refractivity contribution is 0.537. The normalized spacial score (nSPS) is 11.2. The zero-order valence-corrected chi connectivity index (χ0v) is 11.5. The number of hydrogen-bond acceptors (Lipinski definition) is 3. The molecule has 0 saturated heterocycles. The first-order valence-electron chi connectivity index (χ1n) is 6.41. The first kappa shape index (κ1) is 13.7. The van der Waals surface area contributed by atoms with E-state index in [9.17, 15) is 4.39 Å². The highest BCUT2D eigenvalue weighted by atomic mass is 19.1. The number of halogens is 1. The van der Waals surface area contributed by atoms with Crippen LogP contribution in [0.25, 0.3) is 0 Å². The molecule has 0 unspecified atom stereocenters. The van der Waals surface area contributed by atoms with E-state index in [0.29, 0.717) is 19.1 Å². The molecule has 0 bridgehead atoms. The number of aryl methyl sites for hydroxylation is 1. The van der Waals surface area contributed by atoms with Gasteiger partial charge in [-0.25, -0.2) is 14.1 Å². The first-order chi connectivity index (χ1) is 9.06. The summed E-state index contributed by atoms with van der Waals surface area (Å²) < 4.78 is 15.1. The molecule has 1 heterocycles. The molecular formula is C14H19FN4. The second-order valence-electron chi connectivity index (χ2n) is 4.94. The van der Waals surface area contributed by atoms with Gasteiger partial charge in [-0.15, -0.1) is 0 Å². The molecule has 0 aliphatic rings. The third-order valence-corrected chi connectivity index (χ3v) is 3.00. The molecule has 1 N–H and O–H groups in total. The van der Waals surface area contributed by atoms with Crippen LogP contribution in [0.15, 0.2) is 24.5 Å². The Kier molecular flexibility index (Phi) is 4.27. The molecule has 0 atom stereocenters. The third kappa shape index (κ3) is 3.61. The average molecular weight is 262 g/mol. The summed E-state index contributed by atoms with van der Waals surface area (Å²) in [5.74, 6) is 0.639. The molecule has 19 heavy (non-hydrogen) atoms. The molecule has 2 rings (SSSR count). The van der Waals surface area contributed by atoms with Crippen molar-refractivity contribution in [2.24, 2.45) is 0 Å². The smallest absolute Gasteiger partial charge is 0.141 e. The summed E-state index contributed by atoms with van der Waals surface area (Å²) in [5.41, 5.74) is 1.98. The van der Waals surface area contributed by atoms with E-state index in [0.717, 1.165) is 17.0 Å². The van der Waals surface area contributed by atoms with Crippen LogP contribution in [0, 0.1) is 12.7 Å². The molecular weight excluding hydrogens is 243 g/mol. The predicted octanol–water partition coefficient (Wildman–Crippen LogP) is 2.27. The molecule has 1 aromatic heterocycles. The Morgan fingerprint density at radius 3 is 2.89 bits per heavy atom. The fourth-order valence-electron chi connectivity index (χ4n) is 1.82. The van der Waals surface area contributed by atoms with Crippen LogP contribution in [0.1, 0.15) is 30.8 Å². The molecule has 2 aromatic rings. The highest BCUT2D eigenvalue weighted by Crippen LogP contribution is 2.12. The van der Waals surface area contributed by atoms with Gasteiger partial charge < -0.3 is 5.32 Å². The molecule has 0 radical (unpaired) electrons. The summed E-state index contributed by atoms with van der Waals surface area (Å²) in [7, 11) is 0. The maximum atomic E-state index is 13.3. The van der Waals surface area contributed by atoms with Gasteiger partial charge in [0.25, 0.3) is 0 Å². The molecule has 0 spiro atoms. The van der Waals surface area contributed by atoms with E-state index >= 15 is 0 Å². The highest BCUT2D eigenvalue weighted by Gasteiger charge is 2.08. The van der Waals surface area contributed by atoms with Crippen molar-refractivity contribution in [2.45, 2.75) is 39.9 Å². The Morgan fingerprint density at radius 1 is 1.37 bits per heavy atom. The molecule has 4 nitrogen and oxygen atoms in total. The van der Waals surface area contributed by atoms with Gasteiger partial charge in [0, 0.05) is 6.04 Å². The summed E-state index contributed by atoms with van der Waals surface area (Å²) >= 11 is 0. The zero-order chi connectivity index (χ0) is 13.8. The van der Waals surface area contributed by atoms with Gasteiger partial charge in [0.15, 0.2) is 0 Å². The molecule has 0 fully saturated rings. The number of rotatable bonds is 5. The van der Waals surface area contributed by atoms with Gasteiger partial charge in [-0.1, -0.05) is 19.9 Å². The van der Waals surface area contributed by atoms with Crippen molar-refractivity contribution >= 4 is 0 Å². The summed E-state index contributed by atoms with van der Waals surface area (Å²) in [6.45, 7) is 7.33. The lowest BCUT2D eigenvalue weighted by atomic mass is 10.1. The monoisotopic (exact) mass is 262 g/mol. The molecule has 0 amide bonds. The Hall–Kier alpha value is -1.75. The number of hydrogen-bond donors (Lipinski definition) is 1. The lowest BCUT2D eigenvalue weighted by Crippen LogP contribution is -2.24. The van der Waals surface area contributed by atoms with Crippen LogP contribution in [-0.4, -0.2) is 20.8 Å². The van der Waals surface area contributed by atoms with Crippen molar-refractivity contribution in [1.29, 1.82) is 0 Å². The van der Waals surface area contributed by atoms with E-state index in [1.54, 1.807) is 16.8 Å². The number of nitrogens with one attached hydrogen (secondary N) is 1. The van der Waals surface area contributed by atoms with E-state index in [1.807, 2.05) is 6.92 Å². The zero-order valence-electron chi connectivity index (χ0n) is 11.5. The highest BCUT2D eigenvalue weighted by molar-refractivity contribution is 5.26. The van der Waals surface area contributed by atoms with Crippen molar-refractivity contribution < 1.29 is 4.39 Å². The molecule has 0 saturated carbocycles. The van der Waals surface area contributed by atoms with E-state index < -0.39 is 0 Å². The second kappa shape index (κ2) is 5.93. The largest absolute Gasteiger partial charge is 0.308 e. The average Bonchev–Trinajstić information content (AvgIpc) is 2.79. The summed E-state index contributed by atoms with van der Waals surface area (Å²) in [6.07, 6.45) is 1.53. The summed E-state index contributed by atoms with van der Waals surface area (Å²) in [4.78, 5) is 4.23. The van der Waals surface area contributed by atoms with Crippen LogP contribution < -0.4 is 5.32 Å². The molecule has 5 heteroatoms. The van der Waals surface area contributed by atoms with Crippen molar-refractivity contribution in [3.8, 4) is 0 Å². The Balaban J connectivity index is 2.15. The van der Waals surface area contributed by atoms with Crippen LogP contribution in [0.3, 0.4) is 0 Å². The quantitative estimate of drug-likeness (QED) is 0.899. The third-order valence-electron chi connectivity index (χ3n) is 3.00. The van der Waals surface area contributed by atoms with E-state index in [1.165, 1.54) is 12.4 Å². The topological polar surface area (TPSA) is 42.7 Å². The van der Waals surface area contributed by atoms with Gasteiger partial charge in [-0.3, -0.25) is 0 Å². The fraction of sp³-hybridized carbons (Fsp3) is 0.429. The van der Waals surface area contributed by atoms with Gasteiger partial charge in [0.1, 0.15) is 18.0 Å². The van der Waals surface area contributed by atoms with E-state index in [4.69, 9.17) is 0 Å². The van der Waals surface area contributed by atoms with Crippen LogP contribution in [0.4, 0.5) is 4.39 Å². The standard InChI is InChI=1S/C14H19FN4/c1-10(2)16-7-14-17-9-18-19(14)8-12-6-13(15)5-4-11(12)3/h4-6,9-10,16H,7-8H2,1-3H3. The number of nitrogens with zero attached hydrogens (tertiary/aromatic N) is 3. The van der Waals surface area contributed by atoms with Gasteiger partial charge in [-0.2, -0.15) is 5.10 Å². The Morgan fingerprint density at radius 2 is 2.16 bits per heavy atom. The SMILES string of the molecule is Cc1ccc(F)cc1Cn1ncnc1CNC(C)C. The number of aromatic nitrogens is 3. The van der Waals surface area contributed by atoms with Gasteiger partial charge in [0.05, 0.1) is 13.1 Å². The Bertz CT molecular complexity index is 548. The van der Waals surface area contributed by atoms with Crippen molar-refractivity contribution in [1.82, 2.24) is 20.1 Å². The molecule has 0 aliphatic heterocycles. The minimum atomic E-state index is -0.220. The lowest BCUT2D eigenvalue weighted by Gasteiger charge is -2.11. The molecule has 102 valence electrons. The van der Waals surface area contributed by atoms with Crippen LogP contribution in [0.5, 0.6) is 0 Å². The van der Waals surface area contributed by atoms with Gasteiger partial charge >= 0.3 is 0 Å². The van der Waals surface area contributed by atoms with Gasteiger partial charge in [-0.05, 0) is 30.2 Å². The van der Waals surface area contributed by atoms with Crippen LogP contribution in [0.2, 0.25) is 0 Å². The van der Waals surface area contributed by atoms with E-state index in [-0.39, 0.29) is 5.82 Å². The van der Waals surface area contributed by atoms with Crippen molar-refractivity contribution in [3.05, 3.63) is 47.3 Å². The second-order valence-corrected chi connectivity index (χ2v) is 4.94. The maximum Gasteiger partial charge on any atom is 0.141 e. The predicted molar refractivity (Wildman–Crippen MR) is 72.2 cm³/mol. The van der Waals surface area contributed by atoms with Crippen LogP contribution >= 0.6 is 0 Å². The molecule has 1 aromatic carbocycles. The minimum Gasteiger partial charge on any atom is -0.308 e. The summed E-state index contributed by atoms with van der Waals surface area (Å²) in [5, 5.41) is 7.51. The first-order valence-corrected chi connectivity index (χ1v) is 6.41. The van der Waals surface area contributed by atoms with Crippen molar-refractivity contribution in [2.75, 3.05) is 0 Å².